The Hall–Kier alpha value is -1.49. The van der Waals surface area contributed by atoms with Gasteiger partial charge in [-0.15, -0.1) is 0 Å². The highest BCUT2D eigenvalue weighted by Crippen LogP contribution is 2.05. The maximum absolute atomic E-state index is 13.3. The zero-order valence-electron chi connectivity index (χ0n) is 7.63. The topological polar surface area (TPSA) is 72.9 Å². The van der Waals surface area contributed by atoms with Crippen molar-refractivity contribution in [2.75, 3.05) is 6.61 Å². The number of halogens is 1. The van der Waals surface area contributed by atoms with Gasteiger partial charge in [0.25, 0.3) is 0 Å². The van der Waals surface area contributed by atoms with Gasteiger partial charge in [-0.2, -0.15) is 0 Å². The third kappa shape index (κ3) is 2.26. The van der Waals surface area contributed by atoms with Crippen LogP contribution in [0.25, 0.3) is 0 Å². The molecular weight excluding hydrogens is 185 g/mol. The quantitative estimate of drug-likeness (QED) is 0.477. The Morgan fingerprint density at radius 3 is 2.86 bits per heavy atom. The van der Waals surface area contributed by atoms with Crippen LogP contribution in [-0.2, 0) is 6.42 Å². The van der Waals surface area contributed by atoms with Gasteiger partial charge in [0.1, 0.15) is 11.3 Å². The van der Waals surface area contributed by atoms with Crippen LogP contribution in [0.4, 0.5) is 4.39 Å². The predicted octanol–water partition coefficient (Wildman–Crippen LogP) is 0.487. The van der Waals surface area contributed by atoms with E-state index in [9.17, 15) is 4.39 Å². The molecule has 4 nitrogen and oxygen atoms in total. The molecule has 0 amide bonds. The molecule has 0 saturated carbocycles. The van der Waals surface area contributed by atoms with Gasteiger partial charge >= 0.3 is 0 Å². The summed E-state index contributed by atoms with van der Waals surface area (Å²) in [6.07, 6.45) is 2.86. The Morgan fingerprint density at radius 1 is 1.57 bits per heavy atom. The molecule has 1 rings (SSSR count). The van der Waals surface area contributed by atoms with Gasteiger partial charge < -0.3 is 5.11 Å². The fourth-order valence-electron chi connectivity index (χ4n) is 1.15. The molecular formula is C9H12FN3O. The van der Waals surface area contributed by atoms with Crippen LogP contribution in [0.15, 0.2) is 12.3 Å². The smallest absolute Gasteiger partial charge is 0.143 e. The molecule has 0 saturated heterocycles. The van der Waals surface area contributed by atoms with E-state index in [0.29, 0.717) is 18.4 Å². The molecule has 0 unspecified atom stereocenters. The first kappa shape index (κ1) is 10.6. The highest BCUT2D eigenvalue weighted by Gasteiger charge is 2.03. The highest BCUT2D eigenvalue weighted by molar-refractivity contribution is 5.53. The van der Waals surface area contributed by atoms with Gasteiger partial charge in [-0.1, -0.05) is 0 Å². The van der Waals surface area contributed by atoms with Crippen LogP contribution in [-0.4, -0.2) is 22.6 Å². The van der Waals surface area contributed by atoms with Gasteiger partial charge in [0.2, 0.25) is 0 Å². The van der Waals surface area contributed by atoms with E-state index >= 15 is 0 Å². The molecule has 0 aliphatic carbocycles. The number of pyridine rings is 1. The molecule has 0 aliphatic rings. The van der Waals surface area contributed by atoms with Gasteiger partial charge in [-0.25, -0.2) is 4.39 Å². The summed E-state index contributed by atoms with van der Waals surface area (Å²) in [6.45, 7) is 0.00619. The Labute approximate surface area is 80.7 Å². The number of aliphatic hydroxyl groups excluding tert-OH is 1. The van der Waals surface area contributed by atoms with Crippen molar-refractivity contribution < 1.29 is 9.50 Å². The molecule has 0 bridgehead atoms. The van der Waals surface area contributed by atoms with Crippen molar-refractivity contribution >= 4 is 6.34 Å². The molecule has 0 aromatic carbocycles. The van der Waals surface area contributed by atoms with Gasteiger partial charge in [-0.05, 0) is 24.5 Å². The number of aliphatic hydroxyl groups is 1. The first-order chi connectivity index (χ1) is 6.69. The highest BCUT2D eigenvalue weighted by atomic mass is 19.1. The normalized spacial score (nSPS) is 10.1. The molecule has 0 radical (unpaired) electrons. The van der Waals surface area contributed by atoms with Crippen LogP contribution < -0.4 is 5.49 Å². The molecule has 0 fully saturated rings. The minimum absolute atomic E-state index is 0.00619. The zero-order chi connectivity index (χ0) is 10.6. The summed E-state index contributed by atoms with van der Waals surface area (Å²) in [7, 11) is 0. The molecule has 1 aromatic heterocycles. The van der Waals surface area contributed by atoms with Crippen molar-refractivity contribution in [2.24, 2.45) is 0 Å². The fourth-order valence-corrected chi connectivity index (χ4v) is 1.15. The van der Waals surface area contributed by atoms with Crippen LogP contribution in [0.5, 0.6) is 0 Å². The average Bonchev–Trinajstić information content (AvgIpc) is 2.18. The first-order valence-corrected chi connectivity index (χ1v) is 4.25. The lowest BCUT2D eigenvalue weighted by Gasteiger charge is -2.04. The standard InChI is InChI=1S/C9H12FN3O/c10-8-5-13(6-11)9(12)4-7(8)2-1-3-14/h4-6,11-12,14H,1-3H2. The lowest BCUT2D eigenvalue weighted by Crippen LogP contribution is -2.20. The summed E-state index contributed by atoms with van der Waals surface area (Å²) in [6, 6.07) is 1.37. The summed E-state index contributed by atoms with van der Waals surface area (Å²) in [5.41, 5.74) is 0.469. The van der Waals surface area contributed by atoms with E-state index in [0.717, 1.165) is 17.1 Å². The van der Waals surface area contributed by atoms with Crippen molar-refractivity contribution in [3.05, 3.63) is 29.1 Å². The number of hydrogen-bond acceptors (Lipinski definition) is 3. The summed E-state index contributed by atoms with van der Waals surface area (Å²) in [5.74, 6) is -0.446. The minimum atomic E-state index is -0.446. The number of hydrogen-bond donors (Lipinski definition) is 3. The number of aromatic nitrogens is 1. The van der Waals surface area contributed by atoms with E-state index in [2.05, 4.69) is 0 Å². The Balaban J connectivity index is 3.02. The van der Waals surface area contributed by atoms with Crippen LogP contribution in [0.3, 0.4) is 0 Å². The molecule has 1 aromatic rings. The van der Waals surface area contributed by atoms with Gasteiger partial charge in [0, 0.05) is 12.8 Å². The van der Waals surface area contributed by atoms with E-state index in [1.165, 1.54) is 6.07 Å². The van der Waals surface area contributed by atoms with E-state index in [1.54, 1.807) is 0 Å². The largest absolute Gasteiger partial charge is 0.396 e. The SMILES string of the molecule is N=Cn1cc(F)c(CCCO)cc1=N. The maximum Gasteiger partial charge on any atom is 0.143 e. The monoisotopic (exact) mass is 197 g/mol. The summed E-state index contributed by atoms with van der Waals surface area (Å²) in [4.78, 5) is 0. The molecule has 5 heteroatoms. The van der Waals surface area contributed by atoms with E-state index in [-0.39, 0.29) is 12.1 Å². The Bertz CT molecular complexity index is 386. The average molecular weight is 197 g/mol. The van der Waals surface area contributed by atoms with Crippen LogP contribution in [0, 0.1) is 16.6 Å². The predicted molar refractivity (Wildman–Crippen MR) is 49.8 cm³/mol. The number of nitrogens with zero attached hydrogens (tertiary/aromatic N) is 1. The van der Waals surface area contributed by atoms with Crippen molar-refractivity contribution in [3.8, 4) is 0 Å². The summed E-state index contributed by atoms with van der Waals surface area (Å²) >= 11 is 0. The zero-order valence-corrected chi connectivity index (χ0v) is 7.63. The maximum atomic E-state index is 13.3. The summed E-state index contributed by atoms with van der Waals surface area (Å²) in [5, 5.41) is 22.9. The van der Waals surface area contributed by atoms with Crippen molar-refractivity contribution in [1.82, 2.24) is 4.57 Å². The lowest BCUT2D eigenvalue weighted by molar-refractivity contribution is 0.288. The molecule has 0 spiro atoms. The van der Waals surface area contributed by atoms with Gasteiger partial charge in [0.05, 0.1) is 6.34 Å². The molecule has 1 heterocycles. The van der Waals surface area contributed by atoms with Crippen molar-refractivity contribution in [1.29, 1.82) is 10.8 Å². The van der Waals surface area contributed by atoms with E-state index < -0.39 is 5.82 Å². The van der Waals surface area contributed by atoms with E-state index in [1.807, 2.05) is 0 Å². The Kier molecular flexibility index (Phi) is 3.53. The summed E-state index contributed by atoms with van der Waals surface area (Å²) < 4.78 is 14.3. The number of aryl methyl sites for hydroxylation is 1. The second-order valence-corrected chi connectivity index (χ2v) is 2.90. The molecule has 3 N–H and O–H groups in total. The minimum Gasteiger partial charge on any atom is -0.396 e. The first-order valence-electron chi connectivity index (χ1n) is 4.25. The lowest BCUT2D eigenvalue weighted by atomic mass is 10.1. The third-order valence-corrected chi connectivity index (χ3v) is 1.89. The van der Waals surface area contributed by atoms with Gasteiger partial charge in [0.15, 0.2) is 0 Å². The second-order valence-electron chi connectivity index (χ2n) is 2.90. The third-order valence-electron chi connectivity index (χ3n) is 1.89. The fraction of sp³-hybridized carbons (Fsp3) is 0.333. The number of rotatable bonds is 4. The molecule has 0 atom stereocenters. The van der Waals surface area contributed by atoms with Crippen molar-refractivity contribution in [2.45, 2.75) is 12.8 Å². The molecule has 0 aliphatic heterocycles. The van der Waals surface area contributed by atoms with Gasteiger partial charge in [-0.3, -0.25) is 15.4 Å². The van der Waals surface area contributed by atoms with Crippen LogP contribution in [0.2, 0.25) is 0 Å². The molecule has 76 valence electrons. The van der Waals surface area contributed by atoms with E-state index in [4.69, 9.17) is 15.9 Å². The van der Waals surface area contributed by atoms with Crippen LogP contribution in [0.1, 0.15) is 12.0 Å². The Morgan fingerprint density at radius 2 is 2.29 bits per heavy atom. The number of nitrogens with one attached hydrogen (secondary N) is 2. The molecule has 14 heavy (non-hydrogen) atoms. The van der Waals surface area contributed by atoms with Crippen molar-refractivity contribution in [3.63, 3.8) is 0 Å². The van der Waals surface area contributed by atoms with Crippen LogP contribution >= 0.6 is 0 Å². The second kappa shape index (κ2) is 4.66.